The van der Waals surface area contributed by atoms with E-state index in [-0.39, 0.29) is 28.7 Å². The van der Waals surface area contributed by atoms with Gasteiger partial charge in [-0.3, -0.25) is 19.8 Å². The molecule has 1 heterocycles. The Morgan fingerprint density at radius 1 is 1.43 bits per heavy atom. The van der Waals surface area contributed by atoms with E-state index in [1.807, 2.05) is 4.90 Å². The van der Waals surface area contributed by atoms with E-state index in [9.17, 15) is 23.3 Å². The number of carbonyl (C=O) groups excluding carboxylic acids is 1. The summed E-state index contributed by atoms with van der Waals surface area (Å²) in [6.45, 7) is 2.47. The Kier molecular flexibility index (Phi) is 5.13. The number of benzene rings is 1. The molecule has 2 rings (SSSR count). The predicted molar refractivity (Wildman–Crippen MR) is 82.4 cm³/mol. The first-order valence-electron chi connectivity index (χ1n) is 6.81. The monoisotopic (exact) mass is 343 g/mol. The van der Waals surface area contributed by atoms with Gasteiger partial charge in [-0.2, -0.15) is 0 Å². The second-order valence-electron chi connectivity index (χ2n) is 5.03. The van der Waals surface area contributed by atoms with E-state index in [0.717, 1.165) is 6.07 Å². The number of primary sulfonamides is 1. The molecular formula is C12H17N5O5S. The lowest BCUT2D eigenvalue weighted by Gasteiger charge is -2.26. The summed E-state index contributed by atoms with van der Waals surface area (Å²) in [5, 5.41) is 21.6. The average molecular weight is 343 g/mol. The van der Waals surface area contributed by atoms with Gasteiger partial charge in [0.05, 0.1) is 16.4 Å². The van der Waals surface area contributed by atoms with E-state index in [2.05, 4.69) is 10.6 Å². The fraction of sp³-hybridized carbons (Fsp3) is 0.417. The van der Waals surface area contributed by atoms with E-state index < -0.39 is 14.9 Å². The normalized spacial score (nSPS) is 16.0. The number of nitro benzene ring substituents is 1. The van der Waals surface area contributed by atoms with Crippen LogP contribution in [0.15, 0.2) is 23.1 Å². The largest absolute Gasteiger partial charge is 0.378 e. The highest BCUT2D eigenvalue weighted by atomic mass is 32.2. The smallest absolute Gasteiger partial charge is 0.293 e. The first-order valence-corrected chi connectivity index (χ1v) is 8.36. The zero-order valence-corrected chi connectivity index (χ0v) is 13.0. The maximum atomic E-state index is 11.3. The van der Waals surface area contributed by atoms with Gasteiger partial charge in [-0.05, 0) is 12.1 Å². The highest BCUT2D eigenvalue weighted by molar-refractivity contribution is 7.89. The van der Waals surface area contributed by atoms with Crippen molar-refractivity contribution >= 4 is 27.3 Å². The summed E-state index contributed by atoms with van der Waals surface area (Å²) >= 11 is 0. The minimum absolute atomic E-state index is 0.0558. The maximum absolute atomic E-state index is 11.3. The Balaban J connectivity index is 2.04. The second-order valence-corrected chi connectivity index (χ2v) is 6.60. The molecule has 0 radical (unpaired) electrons. The summed E-state index contributed by atoms with van der Waals surface area (Å²) in [5.74, 6) is -0.0558. The summed E-state index contributed by atoms with van der Waals surface area (Å²) in [6.07, 6.45) is 0. The van der Waals surface area contributed by atoms with Crippen molar-refractivity contribution in [1.29, 1.82) is 0 Å². The molecule has 1 aromatic rings. The van der Waals surface area contributed by atoms with Gasteiger partial charge in [0, 0.05) is 32.2 Å². The molecule has 1 aliphatic rings. The molecule has 0 spiro atoms. The number of piperazine rings is 1. The van der Waals surface area contributed by atoms with E-state index in [4.69, 9.17) is 5.14 Å². The molecule has 4 N–H and O–H groups in total. The topological polar surface area (TPSA) is 148 Å². The van der Waals surface area contributed by atoms with Gasteiger partial charge in [-0.25, -0.2) is 13.6 Å². The number of nitro groups is 1. The molecule has 11 heteroatoms. The molecule has 0 unspecified atom stereocenters. The van der Waals surface area contributed by atoms with Crippen LogP contribution < -0.4 is 15.8 Å². The van der Waals surface area contributed by atoms with Gasteiger partial charge < -0.3 is 10.6 Å². The number of nitrogens with two attached hydrogens (primary N) is 1. The summed E-state index contributed by atoms with van der Waals surface area (Å²) in [7, 11) is -4.00. The molecular weight excluding hydrogens is 326 g/mol. The van der Waals surface area contributed by atoms with Crippen LogP contribution in [0.1, 0.15) is 0 Å². The standard InChI is InChI=1S/C12H17N5O5S/c13-23(21,22)9-1-2-10(11(7-9)17(19)20)14-3-5-16-6-4-15-12(18)8-16/h1-2,7,14H,3-6,8H2,(H,15,18)(H2,13,21,22). The summed E-state index contributed by atoms with van der Waals surface area (Å²) < 4.78 is 22.5. The molecule has 0 aliphatic carbocycles. The Hall–Kier alpha value is -2.24. The number of nitrogens with zero attached hydrogens (tertiary/aromatic N) is 2. The van der Waals surface area contributed by atoms with Crippen molar-refractivity contribution in [2.45, 2.75) is 4.90 Å². The third-order valence-corrected chi connectivity index (χ3v) is 4.27. The number of rotatable bonds is 6. The Labute approximate surface area is 132 Å². The van der Waals surface area contributed by atoms with Crippen molar-refractivity contribution in [3.63, 3.8) is 0 Å². The van der Waals surface area contributed by atoms with Crippen molar-refractivity contribution in [2.75, 3.05) is 38.0 Å². The fourth-order valence-corrected chi connectivity index (χ4v) is 2.75. The molecule has 23 heavy (non-hydrogen) atoms. The van der Waals surface area contributed by atoms with Crippen LogP contribution in [0.2, 0.25) is 0 Å². The summed E-state index contributed by atoms with van der Waals surface area (Å²) in [6, 6.07) is 3.44. The molecule has 1 amide bonds. The number of anilines is 1. The number of carbonyl (C=O) groups is 1. The van der Waals surface area contributed by atoms with Crippen molar-refractivity contribution in [2.24, 2.45) is 5.14 Å². The second kappa shape index (κ2) is 6.89. The van der Waals surface area contributed by atoms with Crippen LogP contribution >= 0.6 is 0 Å². The molecule has 1 saturated heterocycles. The first-order chi connectivity index (χ1) is 10.8. The predicted octanol–water partition coefficient (Wildman–Crippen LogP) is -0.914. The molecule has 0 saturated carbocycles. The molecule has 1 fully saturated rings. The van der Waals surface area contributed by atoms with Gasteiger partial charge in [-0.1, -0.05) is 0 Å². The number of amides is 1. The van der Waals surface area contributed by atoms with Gasteiger partial charge in [0.1, 0.15) is 5.69 Å². The zero-order valence-electron chi connectivity index (χ0n) is 12.2. The zero-order chi connectivity index (χ0) is 17.0. The third-order valence-electron chi connectivity index (χ3n) is 3.36. The van der Waals surface area contributed by atoms with Crippen LogP contribution in [0.25, 0.3) is 0 Å². The van der Waals surface area contributed by atoms with Gasteiger partial charge in [0.15, 0.2) is 0 Å². The lowest BCUT2D eigenvalue weighted by atomic mass is 10.2. The molecule has 0 atom stereocenters. The van der Waals surface area contributed by atoms with Crippen molar-refractivity contribution in [1.82, 2.24) is 10.2 Å². The Bertz CT molecular complexity index is 721. The molecule has 1 aliphatic heterocycles. The molecule has 126 valence electrons. The van der Waals surface area contributed by atoms with Crippen molar-refractivity contribution in [3.05, 3.63) is 28.3 Å². The van der Waals surface area contributed by atoms with Gasteiger partial charge >= 0.3 is 0 Å². The lowest BCUT2D eigenvalue weighted by Crippen LogP contribution is -2.48. The van der Waals surface area contributed by atoms with Crippen LogP contribution in [0, 0.1) is 10.1 Å². The SMILES string of the molecule is NS(=O)(=O)c1ccc(NCCN2CCNC(=O)C2)c([N+](=O)[O-])c1. The van der Waals surface area contributed by atoms with Gasteiger partial charge in [0.2, 0.25) is 15.9 Å². The molecule has 0 bridgehead atoms. The van der Waals surface area contributed by atoms with Crippen LogP contribution in [-0.2, 0) is 14.8 Å². The van der Waals surface area contributed by atoms with Crippen molar-refractivity contribution < 1.29 is 18.1 Å². The summed E-state index contributed by atoms with van der Waals surface area (Å²) in [4.78, 5) is 23.2. The van der Waals surface area contributed by atoms with E-state index in [1.54, 1.807) is 0 Å². The fourth-order valence-electron chi connectivity index (χ4n) is 2.22. The summed E-state index contributed by atoms with van der Waals surface area (Å²) in [5.41, 5.74) is -0.170. The van der Waals surface area contributed by atoms with E-state index in [1.165, 1.54) is 12.1 Å². The number of nitrogens with one attached hydrogen (secondary N) is 2. The minimum Gasteiger partial charge on any atom is -0.378 e. The molecule has 10 nitrogen and oxygen atoms in total. The average Bonchev–Trinajstić information content (AvgIpc) is 2.46. The lowest BCUT2D eigenvalue weighted by molar-refractivity contribution is -0.384. The quantitative estimate of drug-likeness (QED) is 0.447. The van der Waals surface area contributed by atoms with Gasteiger partial charge in [0.25, 0.3) is 5.69 Å². The number of hydrogen-bond donors (Lipinski definition) is 3. The maximum Gasteiger partial charge on any atom is 0.293 e. The molecule has 1 aromatic carbocycles. The van der Waals surface area contributed by atoms with Crippen LogP contribution in [-0.4, -0.2) is 56.9 Å². The van der Waals surface area contributed by atoms with Crippen molar-refractivity contribution in [3.8, 4) is 0 Å². The minimum atomic E-state index is -4.00. The Morgan fingerprint density at radius 3 is 2.78 bits per heavy atom. The van der Waals surface area contributed by atoms with E-state index in [0.29, 0.717) is 26.2 Å². The highest BCUT2D eigenvalue weighted by Gasteiger charge is 2.20. The van der Waals surface area contributed by atoms with Crippen LogP contribution in [0.3, 0.4) is 0 Å². The van der Waals surface area contributed by atoms with Gasteiger partial charge in [-0.15, -0.1) is 0 Å². The van der Waals surface area contributed by atoms with Crippen LogP contribution in [0.4, 0.5) is 11.4 Å². The Morgan fingerprint density at radius 2 is 2.17 bits per heavy atom. The van der Waals surface area contributed by atoms with E-state index >= 15 is 0 Å². The number of sulfonamides is 1. The third kappa shape index (κ3) is 4.61. The van der Waals surface area contributed by atoms with Crippen LogP contribution in [0.5, 0.6) is 0 Å². The first kappa shape index (κ1) is 17.1. The molecule has 0 aromatic heterocycles. The number of hydrogen-bond acceptors (Lipinski definition) is 7. The highest BCUT2D eigenvalue weighted by Crippen LogP contribution is 2.26.